The highest BCUT2D eigenvalue weighted by atomic mass is 16.7. The van der Waals surface area contributed by atoms with E-state index in [1.165, 1.54) is 6.08 Å². The number of esters is 1. The van der Waals surface area contributed by atoms with E-state index in [1.54, 1.807) is 13.0 Å². The average molecular weight is 214 g/mol. The fourth-order valence-corrected chi connectivity index (χ4v) is 1.22. The summed E-state index contributed by atoms with van der Waals surface area (Å²) < 4.78 is 15.7. The van der Waals surface area contributed by atoms with Gasteiger partial charge in [0.15, 0.2) is 5.79 Å². The summed E-state index contributed by atoms with van der Waals surface area (Å²) in [6.07, 6.45) is 3.20. The normalized spacial score (nSPS) is 21.8. The van der Waals surface area contributed by atoms with Crippen molar-refractivity contribution < 1.29 is 19.0 Å². The number of rotatable bonds is 3. The van der Waals surface area contributed by atoms with Crippen LogP contribution in [-0.4, -0.2) is 31.6 Å². The number of carbonyl (C=O) groups is 1. The average Bonchev–Trinajstić information content (AvgIpc) is 2.17. The zero-order valence-corrected chi connectivity index (χ0v) is 9.49. The molecule has 86 valence electrons. The Balaban J connectivity index is 2.32. The Labute approximate surface area is 90.2 Å². The van der Waals surface area contributed by atoms with Gasteiger partial charge in [0.2, 0.25) is 0 Å². The molecule has 1 aliphatic rings. The molecule has 0 amide bonds. The number of hydrogen-bond donors (Lipinski definition) is 0. The third kappa shape index (κ3) is 4.44. The van der Waals surface area contributed by atoms with Crippen LogP contribution in [-0.2, 0) is 19.0 Å². The van der Waals surface area contributed by atoms with E-state index in [2.05, 4.69) is 0 Å². The summed E-state index contributed by atoms with van der Waals surface area (Å²) in [6.45, 7) is 7.07. The van der Waals surface area contributed by atoms with Gasteiger partial charge in [-0.1, -0.05) is 6.08 Å². The van der Waals surface area contributed by atoms with Crippen LogP contribution in [0.1, 0.15) is 20.8 Å². The highest BCUT2D eigenvalue weighted by Gasteiger charge is 2.26. The molecule has 0 aromatic carbocycles. The van der Waals surface area contributed by atoms with Crippen LogP contribution in [0.3, 0.4) is 0 Å². The lowest BCUT2D eigenvalue weighted by molar-refractivity contribution is -0.256. The Hall–Kier alpha value is -0.870. The molecule has 0 bridgehead atoms. The van der Waals surface area contributed by atoms with Gasteiger partial charge in [0.25, 0.3) is 0 Å². The molecular formula is C11H18O4. The van der Waals surface area contributed by atoms with Crippen molar-refractivity contribution in [3.8, 4) is 0 Å². The van der Waals surface area contributed by atoms with Crippen molar-refractivity contribution in [3.05, 3.63) is 12.2 Å². The van der Waals surface area contributed by atoms with Gasteiger partial charge in [-0.05, 0) is 20.8 Å². The molecule has 0 saturated carbocycles. The minimum Gasteiger partial charge on any atom is -0.463 e. The maximum absolute atomic E-state index is 11.0. The summed E-state index contributed by atoms with van der Waals surface area (Å²) in [4.78, 5) is 11.0. The summed E-state index contributed by atoms with van der Waals surface area (Å²) in [5.41, 5.74) is 0. The highest BCUT2D eigenvalue weighted by molar-refractivity contribution is 5.81. The molecule has 4 nitrogen and oxygen atoms in total. The van der Waals surface area contributed by atoms with Crippen LogP contribution in [0.2, 0.25) is 0 Å². The van der Waals surface area contributed by atoms with Gasteiger partial charge >= 0.3 is 5.97 Å². The molecule has 4 heteroatoms. The monoisotopic (exact) mass is 214 g/mol. The molecule has 0 N–H and O–H groups in total. The third-order valence-electron chi connectivity index (χ3n) is 2.08. The second-order valence-corrected chi connectivity index (χ2v) is 3.89. The summed E-state index contributed by atoms with van der Waals surface area (Å²) >= 11 is 0. The minimum atomic E-state index is -0.506. The summed E-state index contributed by atoms with van der Waals surface area (Å²) in [5.74, 6) is -0.696. The van der Waals surface area contributed by atoms with Gasteiger partial charge in [-0.3, -0.25) is 0 Å². The molecule has 1 saturated heterocycles. The predicted molar refractivity (Wildman–Crippen MR) is 55.2 cm³/mol. The van der Waals surface area contributed by atoms with Gasteiger partial charge < -0.3 is 14.2 Å². The van der Waals surface area contributed by atoms with Crippen LogP contribution in [0.15, 0.2) is 12.2 Å². The first-order valence-electron chi connectivity index (χ1n) is 5.16. The minimum absolute atomic E-state index is 0.127. The zero-order valence-electron chi connectivity index (χ0n) is 9.49. The van der Waals surface area contributed by atoms with E-state index in [0.717, 1.165) is 0 Å². The van der Waals surface area contributed by atoms with Crippen molar-refractivity contribution in [1.29, 1.82) is 0 Å². The molecule has 0 aliphatic carbocycles. The maximum Gasteiger partial charge on any atom is 0.330 e. The van der Waals surface area contributed by atoms with Gasteiger partial charge in [-0.25, -0.2) is 4.79 Å². The van der Waals surface area contributed by atoms with Crippen LogP contribution in [0, 0.1) is 5.92 Å². The molecule has 1 fully saturated rings. The smallest absolute Gasteiger partial charge is 0.330 e. The first-order chi connectivity index (χ1) is 7.03. The fourth-order valence-electron chi connectivity index (χ4n) is 1.22. The summed E-state index contributed by atoms with van der Waals surface area (Å²) in [5, 5.41) is 0. The van der Waals surface area contributed by atoms with Crippen LogP contribution in [0.4, 0.5) is 0 Å². The Morgan fingerprint density at radius 1 is 1.47 bits per heavy atom. The second-order valence-electron chi connectivity index (χ2n) is 3.89. The van der Waals surface area contributed by atoms with Gasteiger partial charge in [-0.2, -0.15) is 0 Å². The maximum atomic E-state index is 11.0. The molecule has 1 aliphatic heterocycles. The Kier molecular flexibility index (Phi) is 4.29. The molecule has 0 spiro atoms. The standard InChI is InChI=1S/C11H18O4/c1-4-13-10(12)6-5-9-7-14-11(2,3)15-8-9/h5-6,9H,4,7-8H2,1-3H3/b6-5-. The lowest BCUT2D eigenvalue weighted by Crippen LogP contribution is -2.38. The number of carbonyl (C=O) groups excluding carboxylic acids is 1. The van der Waals surface area contributed by atoms with Gasteiger partial charge in [-0.15, -0.1) is 0 Å². The van der Waals surface area contributed by atoms with Crippen LogP contribution < -0.4 is 0 Å². The summed E-state index contributed by atoms with van der Waals surface area (Å²) in [7, 11) is 0. The first-order valence-corrected chi connectivity index (χ1v) is 5.16. The molecule has 0 radical (unpaired) electrons. The van der Waals surface area contributed by atoms with E-state index in [0.29, 0.717) is 19.8 Å². The molecule has 0 unspecified atom stereocenters. The first kappa shape index (κ1) is 12.2. The van der Waals surface area contributed by atoms with Gasteiger partial charge in [0.1, 0.15) is 0 Å². The van der Waals surface area contributed by atoms with E-state index >= 15 is 0 Å². The molecule has 0 aromatic rings. The van der Waals surface area contributed by atoms with Crippen LogP contribution in [0.25, 0.3) is 0 Å². The fraction of sp³-hybridized carbons (Fsp3) is 0.727. The van der Waals surface area contributed by atoms with Crippen molar-refractivity contribution in [2.45, 2.75) is 26.6 Å². The molecule has 0 aromatic heterocycles. The van der Waals surface area contributed by atoms with Crippen molar-refractivity contribution >= 4 is 5.97 Å². The van der Waals surface area contributed by atoms with Crippen molar-refractivity contribution in [2.75, 3.05) is 19.8 Å². The summed E-state index contributed by atoms with van der Waals surface area (Å²) in [6, 6.07) is 0. The predicted octanol–water partition coefficient (Wildman–Crippen LogP) is 1.50. The Morgan fingerprint density at radius 2 is 2.07 bits per heavy atom. The molecule has 0 atom stereocenters. The van der Waals surface area contributed by atoms with Crippen molar-refractivity contribution in [1.82, 2.24) is 0 Å². The quantitative estimate of drug-likeness (QED) is 0.527. The number of ether oxygens (including phenoxy) is 3. The Morgan fingerprint density at radius 3 is 2.60 bits per heavy atom. The van der Waals surface area contributed by atoms with E-state index in [9.17, 15) is 4.79 Å². The van der Waals surface area contributed by atoms with Crippen molar-refractivity contribution in [2.24, 2.45) is 5.92 Å². The van der Waals surface area contributed by atoms with E-state index in [1.807, 2.05) is 13.8 Å². The highest BCUT2D eigenvalue weighted by Crippen LogP contribution is 2.20. The SMILES string of the molecule is CCOC(=O)/C=C\C1COC(C)(C)OC1. The van der Waals surface area contributed by atoms with E-state index in [-0.39, 0.29) is 11.9 Å². The number of hydrogen-bond acceptors (Lipinski definition) is 4. The molecule has 1 heterocycles. The lowest BCUT2D eigenvalue weighted by atomic mass is 10.1. The van der Waals surface area contributed by atoms with Crippen LogP contribution >= 0.6 is 0 Å². The van der Waals surface area contributed by atoms with E-state index < -0.39 is 5.79 Å². The lowest BCUT2D eigenvalue weighted by Gasteiger charge is -2.33. The van der Waals surface area contributed by atoms with Gasteiger partial charge in [0, 0.05) is 12.0 Å². The van der Waals surface area contributed by atoms with Gasteiger partial charge in [0.05, 0.1) is 19.8 Å². The molecule has 1 rings (SSSR count). The third-order valence-corrected chi connectivity index (χ3v) is 2.08. The zero-order chi connectivity index (χ0) is 11.3. The van der Waals surface area contributed by atoms with Crippen molar-refractivity contribution in [3.63, 3.8) is 0 Å². The topological polar surface area (TPSA) is 44.8 Å². The second kappa shape index (κ2) is 5.28. The Bertz CT molecular complexity index is 235. The molecular weight excluding hydrogens is 196 g/mol. The largest absolute Gasteiger partial charge is 0.463 e. The van der Waals surface area contributed by atoms with Crippen LogP contribution in [0.5, 0.6) is 0 Å². The van der Waals surface area contributed by atoms with E-state index in [4.69, 9.17) is 14.2 Å². The molecule has 15 heavy (non-hydrogen) atoms.